The third-order valence-electron chi connectivity index (χ3n) is 5.19. The average Bonchev–Trinajstić information content (AvgIpc) is 3.22. The van der Waals surface area contributed by atoms with Crippen molar-refractivity contribution in [2.75, 3.05) is 11.4 Å². The summed E-state index contributed by atoms with van der Waals surface area (Å²) in [6.07, 6.45) is 3.98. The molecule has 1 aliphatic heterocycles. The zero-order valence-corrected chi connectivity index (χ0v) is 12.9. The molecule has 3 heterocycles. The van der Waals surface area contributed by atoms with E-state index >= 15 is 0 Å². The number of benzene rings is 1. The Morgan fingerprint density at radius 3 is 2.91 bits per heavy atom. The van der Waals surface area contributed by atoms with Gasteiger partial charge >= 0.3 is 0 Å². The highest BCUT2D eigenvalue weighted by Crippen LogP contribution is 2.52. The summed E-state index contributed by atoms with van der Waals surface area (Å²) in [6.45, 7) is 1.69. The van der Waals surface area contributed by atoms with Gasteiger partial charge in [-0.2, -0.15) is 10.1 Å². The van der Waals surface area contributed by atoms with Crippen molar-refractivity contribution in [3.05, 3.63) is 51.9 Å². The Morgan fingerprint density at radius 2 is 2.09 bits per heavy atom. The second kappa shape index (κ2) is 4.22. The molecule has 1 aliphatic carbocycles. The molecule has 3 aromatic rings. The molecule has 2 aromatic heterocycles. The lowest BCUT2D eigenvalue weighted by atomic mass is 9.87. The van der Waals surface area contributed by atoms with Crippen LogP contribution in [0, 0.1) is 0 Å². The number of nitrogens with one attached hydrogen (secondary N) is 1. The van der Waals surface area contributed by atoms with E-state index in [1.54, 1.807) is 10.9 Å². The monoisotopic (exact) mass is 307 g/mol. The van der Waals surface area contributed by atoms with Crippen molar-refractivity contribution in [3.8, 4) is 0 Å². The van der Waals surface area contributed by atoms with Crippen LogP contribution in [0.3, 0.4) is 0 Å². The first kappa shape index (κ1) is 12.9. The lowest BCUT2D eigenvalue weighted by Gasteiger charge is -2.35. The maximum absolute atomic E-state index is 12.3. The molecule has 1 aromatic carbocycles. The summed E-state index contributed by atoms with van der Waals surface area (Å²) in [7, 11) is 1.81. The third kappa shape index (κ3) is 1.78. The van der Waals surface area contributed by atoms with Gasteiger partial charge in [-0.15, -0.1) is 0 Å². The molecule has 0 unspecified atom stereocenters. The van der Waals surface area contributed by atoms with Crippen molar-refractivity contribution in [2.45, 2.75) is 24.8 Å². The maximum Gasteiger partial charge on any atom is 0.263 e. The number of hydrogen-bond donors (Lipinski definition) is 1. The van der Waals surface area contributed by atoms with E-state index in [0.717, 1.165) is 13.1 Å². The van der Waals surface area contributed by atoms with Gasteiger partial charge in [0.1, 0.15) is 5.39 Å². The minimum absolute atomic E-state index is 0.123. The van der Waals surface area contributed by atoms with E-state index in [1.807, 2.05) is 7.05 Å². The number of H-pyrrole nitrogens is 1. The first-order valence-corrected chi connectivity index (χ1v) is 7.92. The number of rotatable bonds is 1. The number of anilines is 1. The van der Waals surface area contributed by atoms with Crippen LogP contribution in [0.5, 0.6) is 0 Å². The number of aromatic amines is 1. The topological polar surface area (TPSA) is 66.8 Å². The Morgan fingerprint density at radius 1 is 1.26 bits per heavy atom. The molecule has 0 atom stereocenters. The Kier molecular flexibility index (Phi) is 2.36. The number of aromatic nitrogens is 4. The molecule has 2 aliphatic rings. The molecule has 5 rings (SSSR count). The molecule has 1 N–H and O–H groups in total. The largest absolute Gasteiger partial charge is 0.337 e. The van der Waals surface area contributed by atoms with Gasteiger partial charge < -0.3 is 4.90 Å². The average molecular weight is 307 g/mol. The molecular formula is C17H17N5O. The third-order valence-corrected chi connectivity index (χ3v) is 5.19. The van der Waals surface area contributed by atoms with Crippen LogP contribution in [0.4, 0.5) is 5.95 Å². The Bertz CT molecular complexity index is 982. The predicted molar refractivity (Wildman–Crippen MR) is 87.5 cm³/mol. The summed E-state index contributed by atoms with van der Waals surface area (Å²) in [5.74, 6) is 0.645. The molecule has 0 bridgehead atoms. The summed E-state index contributed by atoms with van der Waals surface area (Å²) in [5, 5.41) is 4.67. The molecule has 1 saturated carbocycles. The van der Waals surface area contributed by atoms with Gasteiger partial charge in [0.2, 0.25) is 5.95 Å². The van der Waals surface area contributed by atoms with Gasteiger partial charge in [-0.05, 0) is 24.0 Å². The SMILES string of the molecule is Cn1ncc2c(=O)[nH]c(N3Cc4ccccc4C4(CC4)C3)nc21. The van der Waals surface area contributed by atoms with E-state index < -0.39 is 0 Å². The fraction of sp³-hybridized carbons (Fsp3) is 0.353. The second-order valence-electron chi connectivity index (χ2n) is 6.69. The zero-order chi connectivity index (χ0) is 15.6. The van der Waals surface area contributed by atoms with Gasteiger partial charge in [0.25, 0.3) is 5.56 Å². The standard InChI is InChI=1S/C17H17N5O/c1-21-14-12(8-18-21)15(23)20-16(19-14)22-9-11-4-2-3-5-13(11)17(10-22)6-7-17/h2-5,8H,6-7,9-10H2,1H3,(H,19,20,23). The minimum Gasteiger partial charge on any atom is -0.337 e. The van der Waals surface area contributed by atoms with E-state index in [0.29, 0.717) is 17.0 Å². The van der Waals surface area contributed by atoms with Gasteiger partial charge in [0.15, 0.2) is 5.65 Å². The van der Waals surface area contributed by atoms with Crippen LogP contribution in [-0.2, 0) is 19.0 Å². The van der Waals surface area contributed by atoms with E-state index in [4.69, 9.17) is 0 Å². The molecule has 0 amide bonds. The van der Waals surface area contributed by atoms with Crippen molar-refractivity contribution >= 4 is 17.0 Å². The van der Waals surface area contributed by atoms with Crippen LogP contribution in [0.25, 0.3) is 11.0 Å². The highest BCUT2D eigenvalue weighted by Gasteiger charge is 2.49. The number of aryl methyl sites for hydroxylation is 1. The van der Waals surface area contributed by atoms with Crippen molar-refractivity contribution < 1.29 is 0 Å². The van der Waals surface area contributed by atoms with Gasteiger partial charge in [-0.25, -0.2) is 0 Å². The fourth-order valence-corrected chi connectivity index (χ4v) is 3.79. The lowest BCUT2D eigenvalue weighted by Crippen LogP contribution is -2.39. The van der Waals surface area contributed by atoms with Crippen LogP contribution in [0.15, 0.2) is 35.3 Å². The number of hydrogen-bond acceptors (Lipinski definition) is 4. The number of fused-ring (bicyclic) bond motifs is 3. The van der Waals surface area contributed by atoms with Crippen molar-refractivity contribution in [2.24, 2.45) is 7.05 Å². The van der Waals surface area contributed by atoms with Crippen molar-refractivity contribution in [1.82, 2.24) is 19.7 Å². The van der Waals surface area contributed by atoms with Crippen LogP contribution < -0.4 is 10.5 Å². The molecule has 6 nitrogen and oxygen atoms in total. The smallest absolute Gasteiger partial charge is 0.263 e. The quantitative estimate of drug-likeness (QED) is 0.743. The van der Waals surface area contributed by atoms with Gasteiger partial charge in [-0.3, -0.25) is 14.5 Å². The summed E-state index contributed by atoms with van der Waals surface area (Å²) < 4.78 is 1.65. The minimum atomic E-state index is -0.123. The van der Waals surface area contributed by atoms with E-state index in [9.17, 15) is 4.79 Å². The molecule has 23 heavy (non-hydrogen) atoms. The first-order chi connectivity index (χ1) is 11.2. The van der Waals surface area contributed by atoms with Crippen LogP contribution in [0.1, 0.15) is 24.0 Å². The molecule has 0 radical (unpaired) electrons. The normalized spacial score (nSPS) is 18.4. The highest BCUT2D eigenvalue weighted by atomic mass is 16.1. The van der Waals surface area contributed by atoms with E-state index in [1.165, 1.54) is 24.0 Å². The first-order valence-electron chi connectivity index (χ1n) is 7.92. The van der Waals surface area contributed by atoms with Crippen LogP contribution >= 0.6 is 0 Å². The lowest BCUT2D eigenvalue weighted by molar-refractivity contribution is 0.582. The molecule has 116 valence electrons. The molecule has 1 spiro atoms. The highest BCUT2D eigenvalue weighted by molar-refractivity contribution is 5.74. The Balaban J connectivity index is 1.64. The second-order valence-corrected chi connectivity index (χ2v) is 6.69. The summed E-state index contributed by atoms with van der Waals surface area (Å²) >= 11 is 0. The maximum atomic E-state index is 12.3. The molecular weight excluding hydrogens is 290 g/mol. The van der Waals surface area contributed by atoms with E-state index in [-0.39, 0.29) is 11.0 Å². The fourth-order valence-electron chi connectivity index (χ4n) is 3.79. The van der Waals surface area contributed by atoms with Gasteiger partial charge in [0.05, 0.1) is 6.20 Å². The van der Waals surface area contributed by atoms with Gasteiger partial charge in [-0.1, -0.05) is 24.3 Å². The number of nitrogens with zero attached hydrogens (tertiary/aromatic N) is 4. The van der Waals surface area contributed by atoms with E-state index in [2.05, 4.69) is 44.2 Å². The Labute approximate surface area is 132 Å². The molecule has 1 fully saturated rings. The molecule has 6 heteroatoms. The van der Waals surface area contributed by atoms with Crippen LogP contribution in [0.2, 0.25) is 0 Å². The Hall–Kier alpha value is -2.63. The predicted octanol–water partition coefficient (Wildman–Crippen LogP) is 1.71. The van der Waals surface area contributed by atoms with Crippen LogP contribution in [-0.4, -0.2) is 26.3 Å². The summed E-state index contributed by atoms with van der Waals surface area (Å²) in [5.41, 5.74) is 3.56. The van der Waals surface area contributed by atoms with Gasteiger partial charge in [0, 0.05) is 25.6 Å². The summed E-state index contributed by atoms with van der Waals surface area (Å²) in [6, 6.07) is 8.64. The summed E-state index contributed by atoms with van der Waals surface area (Å²) in [4.78, 5) is 22.1. The molecule has 0 saturated heterocycles. The zero-order valence-electron chi connectivity index (χ0n) is 12.9. The van der Waals surface area contributed by atoms with Crippen molar-refractivity contribution in [1.29, 1.82) is 0 Å². The van der Waals surface area contributed by atoms with Crippen molar-refractivity contribution in [3.63, 3.8) is 0 Å².